The third kappa shape index (κ3) is 5.26. The molecule has 1 N–H and O–H groups in total. The molecule has 166 valence electrons. The van der Waals surface area contributed by atoms with Gasteiger partial charge in [-0.15, -0.1) is 0 Å². The van der Waals surface area contributed by atoms with E-state index in [0.717, 1.165) is 31.6 Å². The lowest BCUT2D eigenvalue weighted by atomic mass is 9.99. The van der Waals surface area contributed by atoms with Gasteiger partial charge in [0.1, 0.15) is 0 Å². The number of amides is 1. The zero-order chi connectivity index (χ0) is 22.7. The molecule has 1 aliphatic rings. The van der Waals surface area contributed by atoms with E-state index in [0.29, 0.717) is 5.56 Å². The van der Waals surface area contributed by atoms with E-state index in [1.54, 1.807) is 24.3 Å². The average molecular weight is 449 g/mol. The van der Waals surface area contributed by atoms with Gasteiger partial charge in [0.05, 0.1) is 10.9 Å². The second kappa shape index (κ2) is 9.27. The number of carbonyl (C=O) groups is 1. The average Bonchev–Trinajstić information content (AvgIpc) is 2.79. The molecule has 6 heteroatoms. The lowest BCUT2D eigenvalue weighted by Gasteiger charge is -2.28. The third-order valence-electron chi connectivity index (χ3n) is 5.99. The first-order valence-electron chi connectivity index (χ1n) is 10.8. The quantitative estimate of drug-likeness (QED) is 0.616. The van der Waals surface area contributed by atoms with E-state index in [1.807, 2.05) is 31.2 Å². The van der Waals surface area contributed by atoms with Crippen LogP contribution in [-0.4, -0.2) is 32.0 Å². The lowest BCUT2D eigenvalue weighted by molar-refractivity contribution is 0.0940. The first kappa shape index (κ1) is 22.2. The first-order chi connectivity index (χ1) is 15.3. The van der Waals surface area contributed by atoms with E-state index in [2.05, 4.69) is 34.5 Å². The predicted molar refractivity (Wildman–Crippen MR) is 126 cm³/mol. The van der Waals surface area contributed by atoms with Gasteiger partial charge in [-0.25, -0.2) is 8.42 Å². The second-order valence-corrected chi connectivity index (χ2v) is 10.5. The van der Waals surface area contributed by atoms with Gasteiger partial charge in [0, 0.05) is 31.5 Å². The van der Waals surface area contributed by atoms with Crippen molar-refractivity contribution >= 4 is 15.7 Å². The van der Waals surface area contributed by atoms with Gasteiger partial charge in [-0.3, -0.25) is 9.69 Å². The van der Waals surface area contributed by atoms with E-state index < -0.39 is 9.84 Å². The number of hydrogen-bond donors (Lipinski definition) is 1. The van der Waals surface area contributed by atoms with Gasteiger partial charge in [-0.1, -0.05) is 48.5 Å². The summed E-state index contributed by atoms with van der Waals surface area (Å²) in [4.78, 5) is 15.4. The van der Waals surface area contributed by atoms with Crippen molar-refractivity contribution < 1.29 is 13.2 Å². The highest BCUT2D eigenvalue weighted by Crippen LogP contribution is 2.21. The zero-order valence-electron chi connectivity index (χ0n) is 18.4. The van der Waals surface area contributed by atoms with Crippen molar-refractivity contribution in [3.05, 3.63) is 101 Å². The Morgan fingerprint density at radius 1 is 0.969 bits per heavy atom. The molecule has 1 amide bonds. The number of sulfone groups is 1. The monoisotopic (exact) mass is 448 g/mol. The molecule has 0 spiro atoms. The summed E-state index contributed by atoms with van der Waals surface area (Å²) in [5.41, 5.74) is 5.49. The zero-order valence-corrected chi connectivity index (χ0v) is 19.2. The van der Waals surface area contributed by atoms with Gasteiger partial charge >= 0.3 is 0 Å². The van der Waals surface area contributed by atoms with Crippen LogP contribution in [0.4, 0.5) is 0 Å². The maximum atomic E-state index is 12.7. The third-order valence-corrected chi connectivity index (χ3v) is 7.12. The SMILES string of the molecule is C[C@H](NC(=O)c1ccc(CN2CCc3ccccc3C2)cc1)c1ccc(S(C)(=O)=O)cc1. The Balaban J connectivity index is 1.35. The summed E-state index contributed by atoms with van der Waals surface area (Å²) in [6, 6.07) is 22.7. The number of carbonyl (C=O) groups excluding carboxylic acids is 1. The Morgan fingerprint density at radius 3 is 2.28 bits per heavy atom. The normalized spacial score (nSPS) is 15.1. The van der Waals surface area contributed by atoms with Crippen molar-refractivity contribution in [1.29, 1.82) is 0 Å². The summed E-state index contributed by atoms with van der Waals surface area (Å²) >= 11 is 0. The van der Waals surface area contributed by atoms with Crippen molar-refractivity contribution in [2.24, 2.45) is 0 Å². The van der Waals surface area contributed by atoms with Crippen molar-refractivity contribution in [2.45, 2.75) is 37.4 Å². The van der Waals surface area contributed by atoms with Crippen LogP contribution < -0.4 is 5.32 Å². The molecule has 0 fully saturated rings. The van der Waals surface area contributed by atoms with Crippen LogP contribution in [0, 0.1) is 0 Å². The summed E-state index contributed by atoms with van der Waals surface area (Å²) in [6.07, 6.45) is 2.25. The Morgan fingerprint density at radius 2 is 1.62 bits per heavy atom. The molecule has 0 unspecified atom stereocenters. The molecule has 0 aromatic heterocycles. The lowest BCUT2D eigenvalue weighted by Crippen LogP contribution is -2.30. The Bertz CT molecular complexity index is 1200. The van der Waals surface area contributed by atoms with E-state index in [1.165, 1.54) is 22.9 Å². The molecule has 5 nitrogen and oxygen atoms in total. The summed E-state index contributed by atoms with van der Waals surface area (Å²) in [7, 11) is -3.23. The molecule has 1 aliphatic heterocycles. The summed E-state index contributed by atoms with van der Waals surface area (Å²) in [6.45, 7) is 4.73. The Kier molecular flexibility index (Phi) is 6.44. The van der Waals surface area contributed by atoms with Crippen molar-refractivity contribution in [1.82, 2.24) is 10.2 Å². The largest absolute Gasteiger partial charge is 0.346 e. The number of hydrogen-bond acceptors (Lipinski definition) is 4. The molecule has 32 heavy (non-hydrogen) atoms. The summed E-state index contributed by atoms with van der Waals surface area (Å²) in [5.74, 6) is -0.150. The highest BCUT2D eigenvalue weighted by molar-refractivity contribution is 7.90. The van der Waals surface area contributed by atoms with Gasteiger partial charge in [0.2, 0.25) is 0 Å². The van der Waals surface area contributed by atoms with Crippen LogP contribution in [0.5, 0.6) is 0 Å². The molecule has 0 bridgehead atoms. The van der Waals surface area contributed by atoms with Crippen molar-refractivity contribution in [3.8, 4) is 0 Å². The molecule has 0 aliphatic carbocycles. The van der Waals surface area contributed by atoms with Crippen LogP contribution in [0.2, 0.25) is 0 Å². The number of fused-ring (bicyclic) bond motifs is 1. The molecule has 3 aromatic carbocycles. The van der Waals surface area contributed by atoms with Gasteiger partial charge < -0.3 is 5.32 Å². The van der Waals surface area contributed by atoms with Gasteiger partial charge in [0.25, 0.3) is 5.91 Å². The highest BCUT2D eigenvalue weighted by atomic mass is 32.2. The fraction of sp³-hybridized carbons (Fsp3) is 0.269. The first-order valence-corrected chi connectivity index (χ1v) is 12.7. The summed E-state index contributed by atoms with van der Waals surface area (Å²) in [5, 5.41) is 2.98. The second-order valence-electron chi connectivity index (χ2n) is 8.46. The van der Waals surface area contributed by atoms with Crippen LogP contribution in [0.1, 0.15) is 45.6 Å². The van der Waals surface area contributed by atoms with E-state index in [-0.39, 0.29) is 16.8 Å². The van der Waals surface area contributed by atoms with E-state index in [9.17, 15) is 13.2 Å². The highest BCUT2D eigenvalue weighted by Gasteiger charge is 2.17. The molecule has 0 saturated carbocycles. The standard InChI is InChI=1S/C26H28N2O3S/c1-19(21-11-13-25(14-12-21)32(2,30)31)27-26(29)23-9-7-20(8-10-23)17-28-16-15-22-5-3-4-6-24(22)18-28/h3-14,19H,15-18H2,1-2H3,(H,27,29)/t19-/m0/s1. The van der Waals surface area contributed by atoms with Crippen molar-refractivity contribution in [3.63, 3.8) is 0 Å². The molecule has 3 aromatic rings. The van der Waals surface area contributed by atoms with Crippen LogP contribution in [-0.2, 0) is 29.3 Å². The smallest absolute Gasteiger partial charge is 0.251 e. The van der Waals surface area contributed by atoms with Gasteiger partial charge in [-0.2, -0.15) is 0 Å². The maximum absolute atomic E-state index is 12.7. The van der Waals surface area contributed by atoms with E-state index in [4.69, 9.17) is 0 Å². The summed E-state index contributed by atoms with van der Waals surface area (Å²) < 4.78 is 23.2. The molecule has 0 saturated heterocycles. The minimum atomic E-state index is -3.23. The molecule has 1 atom stereocenters. The van der Waals surface area contributed by atoms with Crippen LogP contribution in [0.3, 0.4) is 0 Å². The fourth-order valence-electron chi connectivity index (χ4n) is 4.08. The number of nitrogens with zero attached hydrogens (tertiary/aromatic N) is 1. The predicted octanol–water partition coefficient (Wildman–Crippen LogP) is 4.14. The molecule has 0 radical (unpaired) electrons. The van der Waals surface area contributed by atoms with Crippen LogP contribution in [0.25, 0.3) is 0 Å². The van der Waals surface area contributed by atoms with Crippen LogP contribution in [0.15, 0.2) is 77.7 Å². The topological polar surface area (TPSA) is 66.5 Å². The van der Waals surface area contributed by atoms with Crippen LogP contribution >= 0.6 is 0 Å². The van der Waals surface area contributed by atoms with Gasteiger partial charge in [0.15, 0.2) is 9.84 Å². The molecular formula is C26H28N2O3S. The minimum absolute atomic E-state index is 0.150. The van der Waals surface area contributed by atoms with Crippen molar-refractivity contribution in [2.75, 3.05) is 12.8 Å². The number of benzene rings is 3. The van der Waals surface area contributed by atoms with E-state index >= 15 is 0 Å². The number of rotatable bonds is 6. The minimum Gasteiger partial charge on any atom is -0.346 e. The molecular weight excluding hydrogens is 420 g/mol. The maximum Gasteiger partial charge on any atom is 0.251 e. The molecule has 1 heterocycles. The Labute approximate surface area is 190 Å². The molecule has 4 rings (SSSR count). The Hall–Kier alpha value is -2.96. The fourth-order valence-corrected chi connectivity index (χ4v) is 4.71. The number of nitrogens with one attached hydrogen (secondary N) is 1. The van der Waals surface area contributed by atoms with Gasteiger partial charge in [-0.05, 0) is 59.9 Å².